The van der Waals surface area contributed by atoms with E-state index in [0.717, 1.165) is 67.7 Å². The second kappa shape index (κ2) is 10.1. The Balaban J connectivity index is 1.28. The van der Waals surface area contributed by atoms with Crippen molar-refractivity contribution in [3.8, 4) is 5.69 Å². The molecular formula is C24H29ClN4O. The van der Waals surface area contributed by atoms with E-state index < -0.39 is 0 Å². The number of aryl methyl sites for hydroxylation is 1. The zero-order valence-corrected chi connectivity index (χ0v) is 18.3. The molecule has 0 unspecified atom stereocenters. The fourth-order valence-electron chi connectivity index (χ4n) is 4.01. The molecule has 1 saturated heterocycles. The van der Waals surface area contributed by atoms with Gasteiger partial charge in [-0.2, -0.15) is 5.10 Å². The van der Waals surface area contributed by atoms with Gasteiger partial charge in [0.2, 0.25) is 0 Å². The summed E-state index contributed by atoms with van der Waals surface area (Å²) in [6, 6.07) is 20.6. The molecule has 0 aliphatic carbocycles. The number of methoxy groups -OCH3 is 1. The Kier molecular flexibility index (Phi) is 7.05. The molecule has 2 heterocycles. The quantitative estimate of drug-likeness (QED) is 0.535. The lowest BCUT2D eigenvalue weighted by molar-refractivity contribution is 0.179. The minimum Gasteiger partial charge on any atom is -0.378 e. The highest BCUT2D eigenvalue weighted by Crippen LogP contribution is 2.20. The number of aromatic nitrogens is 2. The summed E-state index contributed by atoms with van der Waals surface area (Å²) < 4.78 is 7.38. The van der Waals surface area contributed by atoms with E-state index in [1.807, 2.05) is 35.0 Å². The van der Waals surface area contributed by atoms with Gasteiger partial charge in [-0.3, -0.25) is 4.90 Å². The standard InChI is InChI=1S/C24H29ClN4O/c1-30-19-24-18-21(26-29(24)23-7-3-2-4-8-23)6-5-13-27-14-16-28(17-15-27)22-11-9-20(25)10-12-22/h2-4,7-12,18H,5-6,13-17,19H2,1H3. The molecule has 0 bridgehead atoms. The Hall–Kier alpha value is -2.34. The molecule has 6 heteroatoms. The number of nitrogens with zero attached hydrogens (tertiary/aromatic N) is 4. The molecule has 1 aliphatic rings. The maximum absolute atomic E-state index is 6.00. The van der Waals surface area contributed by atoms with Gasteiger partial charge in [0.25, 0.3) is 0 Å². The van der Waals surface area contributed by atoms with Crippen LogP contribution < -0.4 is 4.90 Å². The smallest absolute Gasteiger partial charge is 0.0885 e. The summed E-state index contributed by atoms with van der Waals surface area (Å²) in [5.74, 6) is 0. The molecule has 1 aliphatic heterocycles. The second-order valence-electron chi connectivity index (χ2n) is 7.72. The third-order valence-corrected chi connectivity index (χ3v) is 5.85. The monoisotopic (exact) mass is 424 g/mol. The molecule has 2 aromatic carbocycles. The number of piperazine rings is 1. The van der Waals surface area contributed by atoms with Gasteiger partial charge in [0, 0.05) is 44.0 Å². The highest BCUT2D eigenvalue weighted by atomic mass is 35.5. The molecular weight excluding hydrogens is 396 g/mol. The minimum absolute atomic E-state index is 0.564. The number of hydrogen-bond acceptors (Lipinski definition) is 4. The zero-order chi connectivity index (χ0) is 20.8. The van der Waals surface area contributed by atoms with E-state index in [0.29, 0.717) is 6.61 Å². The molecule has 4 rings (SSSR count). The van der Waals surface area contributed by atoms with Gasteiger partial charge in [0.1, 0.15) is 0 Å². The lowest BCUT2D eigenvalue weighted by Gasteiger charge is -2.36. The van der Waals surface area contributed by atoms with Crippen LogP contribution in [0.2, 0.25) is 5.02 Å². The molecule has 0 radical (unpaired) electrons. The van der Waals surface area contributed by atoms with E-state index in [4.69, 9.17) is 21.4 Å². The maximum atomic E-state index is 6.00. The molecule has 1 aromatic heterocycles. The highest BCUT2D eigenvalue weighted by molar-refractivity contribution is 6.30. The summed E-state index contributed by atoms with van der Waals surface area (Å²) in [4.78, 5) is 4.99. The third-order valence-electron chi connectivity index (χ3n) is 5.60. The first-order valence-corrected chi connectivity index (χ1v) is 11.0. The van der Waals surface area contributed by atoms with Crippen LogP contribution in [0.1, 0.15) is 17.8 Å². The largest absolute Gasteiger partial charge is 0.378 e. The van der Waals surface area contributed by atoms with Gasteiger partial charge in [0.15, 0.2) is 0 Å². The number of ether oxygens (including phenoxy) is 1. The number of rotatable bonds is 8. The molecule has 0 saturated carbocycles. The highest BCUT2D eigenvalue weighted by Gasteiger charge is 2.17. The summed E-state index contributed by atoms with van der Waals surface area (Å²) in [5.41, 5.74) is 4.56. The first kappa shape index (κ1) is 20.9. The molecule has 0 N–H and O–H groups in total. The summed E-state index contributed by atoms with van der Waals surface area (Å²) in [6.45, 7) is 5.97. The van der Waals surface area contributed by atoms with Gasteiger partial charge >= 0.3 is 0 Å². The third kappa shape index (κ3) is 5.22. The van der Waals surface area contributed by atoms with Crippen LogP contribution in [-0.4, -0.2) is 54.5 Å². The Bertz CT molecular complexity index is 918. The van der Waals surface area contributed by atoms with Crippen LogP contribution in [-0.2, 0) is 17.8 Å². The van der Waals surface area contributed by atoms with Gasteiger partial charge in [-0.15, -0.1) is 0 Å². The number of benzene rings is 2. The van der Waals surface area contributed by atoms with E-state index in [9.17, 15) is 0 Å². The maximum Gasteiger partial charge on any atom is 0.0885 e. The molecule has 5 nitrogen and oxygen atoms in total. The molecule has 3 aromatic rings. The van der Waals surface area contributed by atoms with Crippen molar-refractivity contribution in [2.24, 2.45) is 0 Å². The lowest BCUT2D eigenvalue weighted by Crippen LogP contribution is -2.46. The Morgan fingerprint density at radius 3 is 2.37 bits per heavy atom. The first-order valence-electron chi connectivity index (χ1n) is 10.6. The first-order chi connectivity index (χ1) is 14.7. The predicted octanol–water partition coefficient (Wildman–Crippen LogP) is 4.43. The average molecular weight is 425 g/mol. The van der Waals surface area contributed by atoms with Gasteiger partial charge in [-0.05, 0) is 61.9 Å². The van der Waals surface area contributed by atoms with Gasteiger partial charge < -0.3 is 9.64 Å². The van der Waals surface area contributed by atoms with Crippen LogP contribution >= 0.6 is 11.6 Å². The van der Waals surface area contributed by atoms with Crippen LogP contribution in [0.4, 0.5) is 5.69 Å². The summed E-state index contributed by atoms with van der Waals surface area (Å²) in [7, 11) is 1.73. The Labute approximate surface area is 183 Å². The van der Waals surface area contributed by atoms with Crippen molar-refractivity contribution >= 4 is 17.3 Å². The van der Waals surface area contributed by atoms with Crippen molar-refractivity contribution in [3.05, 3.63) is 77.1 Å². The molecule has 158 valence electrons. The predicted molar refractivity (Wildman–Crippen MR) is 123 cm³/mol. The van der Waals surface area contributed by atoms with Crippen LogP contribution in [0.15, 0.2) is 60.7 Å². The summed E-state index contributed by atoms with van der Waals surface area (Å²) in [6.07, 6.45) is 2.09. The number of para-hydroxylation sites is 1. The summed E-state index contributed by atoms with van der Waals surface area (Å²) >= 11 is 6.00. The Morgan fingerprint density at radius 2 is 1.67 bits per heavy atom. The van der Waals surface area contributed by atoms with Crippen molar-refractivity contribution in [1.82, 2.24) is 14.7 Å². The Morgan fingerprint density at radius 1 is 0.933 bits per heavy atom. The second-order valence-corrected chi connectivity index (χ2v) is 8.15. The normalized spacial score (nSPS) is 14.9. The molecule has 0 atom stereocenters. The number of halogens is 1. The van der Waals surface area contributed by atoms with Crippen LogP contribution in [0.25, 0.3) is 5.69 Å². The van der Waals surface area contributed by atoms with E-state index in [1.54, 1.807) is 7.11 Å². The lowest BCUT2D eigenvalue weighted by atomic mass is 10.2. The SMILES string of the molecule is COCc1cc(CCCN2CCN(c3ccc(Cl)cc3)CC2)nn1-c1ccccc1. The van der Waals surface area contributed by atoms with Crippen LogP contribution in [0, 0.1) is 0 Å². The van der Waals surface area contributed by atoms with E-state index in [-0.39, 0.29) is 0 Å². The van der Waals surface area contributed by atoms with Crippen LogP contribution in [0.3, 0.4) is 0 Å². The van der Waals surface area contributed by atoms with Crippen LogP contribution in [0.5, 0.6) is 0 Å². The van der Waals surface area contributed by atoms with Crippen molar-refractivity contribution in [2.75, 3.05) is 44.7 Å². The van der Waals surface area contributed by atoms with Crippen molar-refractivity contribution < 1.29 is 4.74 Å². The molecule has 0 spiro atoms. The van der Waals surface area contributed by atoms with Gasteiger partial charge in [-0.1, -0.05) is 29.8 Å². The zero-order valence-electron chi connectivity index (χ0n) is 17.5. The van der Waals surface area contributed by atoms with Crippen molar-refractivity contribution in [2.45, 2.75) is 19.4 Å². The van der Waals surface area contributed by atoms with Crippen molar-refractivity contribution in [1.29, 1.82) is 0 Å². The number of anilines is 1. The number of hydrogen-bond donors (Lipinski definition) is 0. The minimum atomic E-state index is 0.564. The van der Waals surface area contributed by atoms with E-state index >= 15 is 0 Å². The topological polar surface area (TPSA) is 33.5 Å². The fraction of sp³-hybridized carbons (Fsp3) is 0.375. The van der Waals surface area contributed by atoms with Gasteiger partial charge in [0.05, 0.1) is 23.7 Å². The molecule has 1 fully saturated rings. The van der Waals surface area contributed by atoms with E-state index in [2.05, 4.69) is 40.1 Å². The van der Waals surface area contributed by atoms with E-state index in [1.165, 1.54) is 5.69 Å². The molecule has 0 amide bonds. The average Bonchev–Trinajstić information content (AvgIpc) is 3.18. The fourth-order valence-corrected chi connectivity index (χ4v) is 4.13. The summed E-state index contributed by atoms with van der Waals surface area (Å²) in [5, 5.41) is 5.63. The molecule has 30 heavy (non-hydrogen) atoms. The van der Waals surface area contributed by atoms with Crippen molar-refractivity contribution in [3.63, 3.8) is 0 Å². The van der Waals surface area contributed by atoms with Gasteiger partial charge in [-0.25, -0.2) is 4.68 Å².